The van der Waals surface area contributed by atoms with E-state index in [9.17, 15) is 0 Å². The molecule has 0 amide bonds. The van der Waals surface area contributed by atoms with Crippen molar-refractivity contribution in [3.8, 4) is 16.9 Å². The van der Waals surface area contributed by atoms with Crippen molar-refractivity contribution in [3.63, 3.8) is 0 Å². The average molecular weight is 289 g/mol. The number of hydrogen-bond donors (Lipinski definition) is 1. The molecule has 0 radical (unpaired) electrons. The second kappa shape index (κ2) is 5.81. The number of aromatic nitrogens is 1. The molecule has 1 N–H and O–H groups in total. The summed E-state index contributed by atoms with van der Waals surface area (Å²) in [5.41, 5.74) is 3.26. The lowest BCUT2D eigenvalue weighted by atomic mass is 10.0. The zero-order valence-corrected chi connectivity index (χ0v) is 12.2. The fourth-order valence-corrected chi connectivity index (χ4v) is 2.30. The van der Waals surface area contributed by atoms with E-state index in [1.807, 2.05) is 24.4 Å². The van der Waals surface area contributed by atoms with Crippen molar-refractivity contribution < 1.29 is 4.74 Å². The normalized spacial score (nSPS) is 14.3. The maximum atomic E-state index is 6.27. The third kappa shape index (κ3) is 3.11. The molecule has 0 spiro atoms. The summed E-state index contributed by atoms with van der Waals surface area (Å²) in [5.74, 6) is 0.759. The van der Waals surface area contributed by atoms with Crippen LogP contribution in [0.5, 0.6) is 5.75 Å². The van der Waals surface area contributed by atoms with Crippen molar-refractivity contribution in [2.75, 3.05) is 7.11 Å². The van der Waals surface area contributed by atoms with Crippen LogP contribution in [0.25, 0.3) is 11.1 Å². The molecule has 0 saturated heterocycles. The van der Waals surface area contributed by atoms with Gasteiger partial charge in [0, 0.05) is 29.4 Å². The second-order valence-electron chi connectivity index (χ2n) is 5.07. The number of ether oxygens (including phenoxy) is 1. The van der Waals surface area contributed by atoms with Gasteiger partial charge in [0.05, 0.1) is 13.3 Å². The summed E-state index contributed by atoms with van der Waals surface area (Å²) >= 11 is 6.27. The van der Waals surface area contributed by atoms with Crippen molar-refractivity contribution in [1.82, 2.24) is 10.3 Å². The largest absolute Gasteiger partial charge is 0.495 e. The van der Waals surface area contributed by atoms with Gasteiger partial charge in [0.15, 0.2) is 0 Å². The number of nitrogens with zero attached hydrogens (tertiary/aromatic N) is 1. The van der Waals surface area contributed by atoms with Crippen LogP contribution < -0.4 is 10.1 Å². The summed E-state index contributed by atoms with van der Waals surface area (Å²) in [6.07, 6.45) is 6.09. The first-order chi connectivity index (χ1) is 9.76. The molecule has 0 unspecified atom stereocenters. The molecule has 0 bridgehead atoms. The highest BCUT2D eigenvalue weighted by Crippen LogP contribution is 2.28. The number of nitrogens with one attached hydrogen (secondary N) is 1. The van der Waals surface area contributed by atoms with Crippen LogP contribution in [0.4, 0.5) is 0 Å². The standard InChI is InChI=1S/C16H17ClN2O/c1-20-15-7-12(8-18-10-15)11-2-5-16(17)13(6-11)9-19-14-3-4-14/h2,5-8,10,14,19H,3-4,9H2,1H3. The SMILES string of the molecule is COc1cncc(-c2ccc(Cl)c(CNC3CC3)c2)c1. The van der Waals surface area contributed by atoms with Gasteiger partial charge in [-0.25, -0.2) is 0 Å². The lowest BCUT2D eigenvalue weighted by molar-refractivity contribution is 0.413. The van der Waals surface area contributed by atoms with E-state index in [-0.39, 0.29) is 0 Å². The number of pyridine rings is 1. The van der Waals surface area contributed by atoms with Gasteiger partial charge in [-0.2, -0.15) is 0 Å². The highest BCUT2D eigenvalue weighted by Gasteiger charge is 2.20. The average Bonchev–Trinajstić information content (AvgIpc) is 3.31. The monoisotopic (exact) mass is 288 g/mol. The Balaban J connectivity index is 1.86. The summed E-state index contributed by atoms with van der Waals surface area (Å²) < 4.78 is 5.22. The molecule has 1 heterocycles. The van der Waals surface area contributed by atoms with E-state index in [1.54, 1.807) is 13.3 Å². The summed E-state index contributed by atoms with van der Waals surface area (Å²) in [6, 6.07) is 8.73. The van der Waals surface area contributed by atoms with E-state index in [0.29, 0.717) is 6.04 Å². The van der Waals surface area contributed by atoms with Gasteiger partial charge in [-0.1, -0.05) is 17.7 Å². The van der Waals surface area contributed by atoms with Crippen molar-refractivity contribution in [2.24, 2.45) is 0 Å². The minimum Gasteiger partial charge on any atom is -0.495 e. The van der Waals surface area contributed by atoms with Crippen LogP contribution in [0.3, 0.4) is 0 Å². The first kappa shape index (κ1) is 13.4. The number of halogens is 1. The van der Waals surface area contributed by atoms with Crippen LogP contribution in [0, 0.1) is 0 Å². The maximum absolute atomic E-state index is 6.27. The molecule has 2 aromatic rings. The summed E-state index contributed by atoms with van der Waals surface area (Å²) in [5, 5.41) is 4.29. The summed E-state index contributed by atoms with van der Waals surface area (Å²) in [6.45, 7) is 0.814. The third-order valence-electron chi connectivity index (χ3n) is 3.49. The zero-order valence-electron chi connectivity index (χ0n) is 11.4. The number of methoxy groups -OCH3 is 1. The van der Waals surface area contributed by atoms with Gasteiger partial charge >= 0.3 is 0 Å². The van der Waals surface area contributed by atoms with Crippen molar-refractivity contribution in [1.29, 1.82) is 0 Å². The smallest absolute Gasteiger partial charge is 0.137 e. The Morgan fingerprint density at radius 3 is 2.85 bits per heavy atom. The molecular formula is C16H17ClN2O. The van der Waals surface area contributed by atoms with Gasteiger partial charge in [-0.15, -0.1) is 0 Å². The molecule has 1 aliphatic carbocycles. The number of hydrogen-bond acceptors (Lipinski definition) is 3. The van der Waals surface area contributed by atoms with Crippen LogP contribution in [0.1, 0.15) is 18.4 Å². The van der Waals surface area contributed by atoms with E-state index in [1.165, 1.54) is 12.8 Å². The molecule has 1 aromatic carbocycles. The molecule has 1 fully saturated rings. The Morgan fingerprint density at radius 1 is 1.25 bits per heavy atom. The summed E-state index contributed by atoms with van der Waals surface area (Å²) in [7, 11) is 1.65. The van der Waals surface area contributed by atoms with Gasteiger partial charge < -0.3 is 10.1 Å². The van der Waals surface area contributed by atoms with Crippen LogP contribution >= 0.6 is 11.6 Å². The van der Waals surface area contributed by atoms with Crippen molar-refractivity contribution >= 4 is 11.6 Å². The van der Waals surface area contributed by atoms with Crippen molar-refractivity contribution in [3.05, 3.63) is 47.2 Å². The van der Waals surface area contributed by atoms with Gasteiger partial charge in [0.2, 0.25) is 0 Å². The topological polar surface area (TPSA) is 34.1 Å². The van der Waals surface area contributed by atoms with Crippen LogP contribution in [-0.4, -0.2) is 18.1 Å². The third-order valence-corrected chi connectivity index (χ3v) is 3.86. The molecule has 1 saturated carbocycles. The molecular weight excluding hydrogens is 272 g/mol. The molecule has 104 valence electrons. The second-order valence-corrected chi connectivity index (χ2v) is 5.48. The molecule has 1 aliphatic rings. The van der Waals surface area contributed by atoms with Gasteiger partial charge in [-0.3, -0.25) is 4.98 Å². The predicted molar refractivity (Wildman–Crippen MR) is 81.1 cm³/mol. The van der Waals surface area contributed by atoms with Crippen LogP contribution in [0.15, 0.2) is 36.7 Å². The molecule has 0 atom stereocenters. The molecule has 0 aliphatic heterocycles. The van der Waals surface area contributed by atoms with Crippen molar-refractivity contribution in [2.45, 2.75) is 25.4 Å². The zero-order chi connectivity index (χ0) is 13.9. The first-order valence-electron chi connectivity index (χ1n) is 6.77. The van der Waals surface area contributed by atoms with E-state index < -0.39 is 0 Å². The quantitative estimate of drug-likeness (QED) is 0.912. The molecule has 4 heteroatoms. The Morgan fingerprint density at radius 2 is 2.10 bits per heavy atom. The van der Waals surface area contributed by atoms with E-state index in [2.05, 4.69) is 16.4 Å². The molecule has 3 nitrogen and oxygen atoms in total. The highest BCUT2D eigenvalue weighted by atomic mass is 35.5. The fourth-order valence-electron chi connectivity index (χ4n) is 2.12. The first-order valence-corrected chi connectivity index (χ1v) is 7.15. The lowest BCUT2D eigenvalue weighted by Crippen LogP contribution is -2.15. The fraction of sp³-hybridized carbons (Fsp3) is 0.312. The highest BCUT2D eigenvalue weighted by molar-refractivity contribution is 6.31. The molecule has 3 rings (SSSR count). The number of rotatable bonds is 5. The Hall–Kier alpha value is -1.58. The minimum atomic E-state index is 0.674. The minimum absolute atomic E-state index is 0.674. The Kier molecular flexibility index (Phi) is 3.90. The Bertz CT molecular complexity index is 611. The van der Waals surface area contributed by atoms with Gasteiger partial charge in [0.1, 0.15) is 5.75 Å². The summed E-state index contributed by atoms with van der Waals surface area (Å²) in [4.78, 5) is 4.19. The van der Waals surface area contributed by atoms with Crippen LogP contribution in [0.2, 0.25) is 5.02 Å². The van der Waals surface area contributed by atoms with Gasteiger partial charge in [-0.05, 0) is 42.2 Å². The maximum Gasteiger partial charge on any atom is 0.137 e. The number of benzene rings is 1. The lowest BCUT2D eigenvalue weighted by Gasteiger charge is -2.09. The van der Waals surface area contributed by atoms with Gasteiger partial charge in [0.25, 0.3) is 0 Å². The van der Waals surface area contributed by atoms with E-state index >= 15 is 0 Å². The van der Waals surface area contributed by atoms with E-state index in [0.717, 1.165) is 34.0 Å². The van der Waals surface area contributed by atoms with E-state index in [4.69, 9.17) is 16.3 Å². The molecule has 1 aromatic heterocycles. The Labute approximate surface area is 123 Å². The van der Waals surface area contributed by atoms with Crippen LogP contribution in [-0.2, 0) is 6.54 Å². The predicted octanol–water partition coefficient (Wildman–Crippen LogP) is 3.66. The molecule has 20 heavy (non-hydrogen) atoms.